The van der Waals surface area contributed by atoms with Gasteiger partial charge in [-0.2, -0.15) is 0 Å². The minimum atomic E-state index is -3.60. The van der Waals surface area contributed by atoms with Crippen molar-refractivity contribution in [3.63, 3.8) is 0 Å². The predicted octanol–water partition coefficient (Wildman–Crippen LogP) is 4.73. The van der Waals surface area contributed by atoms with Crippen molar-refractivity contribution in [2.75, 3.05) is 4.72 Å². The van der Waals surface area contributed by atoms with E-state index in [2.05, 4.69) is 18.6 Å². The molecule has 0 unspecified atom stereocenters. The molecule has 22 heavy (non-hydrogen) atoms. The second-order valence-electron chi connectivity index (χ2n) is 6.08. The van der Waals surface area contributed by atoms with Crippen LogP contribution in [0.15, 0.2) is 53.4 Å². The highest BCUT2D eigenvalue weighted by atomic mass is 32.2. The second-order valence-corrected chi connectivity index (χ2v) is 7.73. The van der Waals surface area contributed by atoms with E-state index in [0.29, 0.717) is 10.6 Å². The second kappa shape index (κ2) is 6.53. The zero-order valence-corrected chi connectivity index (χ0v) is 14.3. The zero-order valence-electron chi connectivity index (χ0n) is 13.5. The van der Waals surface area contributed by atoms with E-state index in [4.69, 9.17) is 0 Å². The summed E-state index contributed by atoms with van der Waals surface area (Å²) in [5, 5.41) is 0. The minimum absolute atomic E-state index is 0.142. The van der Waals surface area contributed by atoms with Crippen molar-refractivity contribution in [1.82, 2.24) is 0 Å². The van der Waals surface area contributed by atoms with Crippen LogP contribution >= 0.6 is 0 Å². The number of hydrogen-bond acceptors (Lipinski definition) is 2. The van der Waals surface area contributed by atoms with E-state index in [9.17, 15) is 8.42 Å². The van der Waals surface area contributed by atoms with Crippen LogP contribution in [0, 0.1) is 0 Å². The molecule has 0 saturated heterocycles. The first-order chi connectivity index (χ1) is 10.3. The standard InChI is InChI=1S/C18H23NO2S/c1-13(2)15-10-11-17(14(3)4)18(12-15)22(20,21)19-16-8-6-5-7-9-16/h5-14,19H,1-4H3. The monoisotopic (exact) mass is 317 g/mol. The average molecular weight is 317 g/mol. The number of hydrogen-bond donors (Lipinski definition) is 1. The Morgan fingerprint density at radius 1 is 0.864 bits per heavy atom. The Hall–Kier alpha value is -1.81. The van der Waals surface area contributed by atoms with Crippen molar-refractivity contribution >= 4 is 15.7 Å². The van der Waals surface area contributed by atoms with Crippen molar-refractivity contribution in [3.05, 3.63) is 59.7 Å². The molecule has 1 N–H and O–H groups in total. The van der Waals surface area contributed by atoms with Gasteiger partial charge in [0.2, 0.25) is 0 Å². The van der Waals surface area contributed by atoms with Crippen molar-refractivity contribution in [2.45, 2.75) is 44.4 Å². The summed E-state index contributed by atoms with van der Waals surface area (Å²) in [5.74, 6) is 0.426. The minimum Gasteiger partial charge on any atom is -0.280 e. The summed E-state index contributed by atoms with van der Waals surface area (Å²) in [6.07, 6.45) is 0. The molecule has 0 aromatic heterocycles. The molecule has 0 atom stereocenters. The molecule has 0 bridgehead atoms. The van der Waals surface area contributed by atoms with Crippen LogP contribution in [0.5, 0.6) is 0 Å². The van der Waals surface area contributed by atoms with Gasteiger partial charge < -0.3 is 0 Å². The molecule has 4 heteroatoms. The normalized spacial score (nSPS) is 11.9. The number of para-hydroxylation sites is 1. The topological polar surface area (TPSA) is 46.2 Å². The lowest BCUT2D eigenvalue weighted by Crippen LogP contribution is -2.16. The lowest BCUT2D eigenvalue weighted by molar-refractivity contribution is 0.598. The van der Waals surface area contributed by atoms with Crippen molar-refractivity contribution in [1.29, 1.82) is 0 Å². The Labute approximate surface area is 133 Å². The molecule has 0 fully saturated rings. The van der Waals surface area contributed by atoms with Crippen LogP contribution in [0.25, 0.3) is 0 Å². The van der Waals surface area contributed by atoms with E-state index in [1.165, 1.54) is 0 Å². The molecule has 0 heterocycles. The van der Waals surface area contributed by atoms with Crippen molar-refractivity contribution in [2.24, 2.45) is 0 Å². The summed E-state index contributed by atoms with van der Waals surface area (Å²) in [4.78, 5) is 0.373. The highest BCUT2D eigenvalue weighted by molar-refractivity contribution is 7.92. The first-order valence-corrected chi connectivity index (χ1v) is 9.01. The van der Waals surface area contributed by atoms with Gasteiger partial charge in [0, 0.05) is 5.69 Å². The van der Waals surface area contributed by atoms with Gasteiger partial charge in [0.15, 0.2) is 0 Å². The van der Waals surface area contributed by atoms with Crippen LogP contribution in [0.4, 0.5) is 5.69 Å². The van der Waals surface area contributed by atoms with Gasteiger partial charge in [-0.1, -0.05) is 58.0 Å². The van der Waals surface area contributed by atoms with E-state index in [0.717, 1.165) is 11.1 Å². The molecule has 2 aromatic carbocycles. The molecule has 2 aromatic rings. The third-order valence-electron chi connectivity index (χ3n) is 3.64. The van der Waals surface area contributed by atoms with E-state index >= 15 is 0 Å². The number of benzene rings is 2. The smallest absolute Gasteiger partial charge is 0.262 e. The molecule has 0 spiro atoms. The highest BCUT2D eigenvalue weighted by Gasteiger charge is 2.21. The molecule has 118 valence electrons. The molecule has 0 amide bonds. The molecule has 0 aliphatic carbocycles. The zero-order chi connectivity index (χ0) is 16.3. The summed E-state index contributed by atoms with van der Waals surface area (Å²) >= 11 is 0. The summed E-state index contributed by atoms with van der Waals surface area (Å²) in [6.45, 7) is 8.13. The molecule has 0 radical (unpaired) electrons. The number of sulfonamides is 1. The number of anilines is 1. The Morgan fingerprint density at radius 2 is 1.50 bits per heavy atom. The van der Waals surface area contributed by atoms with Gasteiger partial charge in [-0.15, -0.1) is 0 Å². The van der Waals surface area contributed by atoms with Crippen LogP contribution in [0.1, 0.15) is 50.7 Å². The lowest BCUT2D eigenvalue weighted by Gasteiger charge is -2.17. The molecule has 0 aliphatic heterocycles. The molecule has 3 nitrogen and oxygen atoms in total. The summed E-state index contributed by atoms with van der Waals surface area (Å²) in [7, 11) is -3.60. The fraction of sp³-hybridized carbons (Fsp3) is 0.333. The first-order valence-electron chi connectivity index (χ1n) is 7.53. The van der Waals surface area contributed by atoms with E-state index in [1.807, 2.05) is 44.2 Å². The Kier molecular flexibility index (Phi) is 4.91. The van der Waals surface area contributed by atoms with Gasteiger partial charge in [0.25, 0.3) is 10.0 Å². The third-order valence-corrected chi connectivity index (χ3v) is 5.08. The third kappa shape index (κ3) is 3.69. The molecular formula is C18H23NO2S. The van der Waals surface area contributed by atoms with Crippen molar-refractivity contribution in [3.8, 4) is 0 Å². The quantitative estimate of drug-likeness (QED) is 0.866. The molecule has 0 aliphatic rings. The largest absolute Gasteiger partial charge is 0.280 e. The summed E-state index contributed by atoms with van der Waals surface area (Å²) in [5.41, 5.74) is 2.44. The van der Waals surface area contributed by atoms with Gasteiger partial charge in [-0.3, -0.25) is 4.72 Å². The average Bonchev–Trinajstić information content (AvgIpc) is 2.47. The maximum atomic E-state index is 12.8. The van der Waals surface area contributed by atoms with Crippen LogP contribution in [0.2, 0.25) is 0 Å². The van der Waals surface area contributed by atoms with Gasteiger partial charge in [-0.05, 0) is 41.2 Å². The fourth-order valence-corrected chi connectivity index (χ4v) is 3.80. The van der Waals surface area contributed by atoms with Crippen LogP contribution < -0.4 is 4.72 Å². The summed E-state index contributed by atoms with van der Waals surface area (Å²) in [6, 6.07) is 14.7. The van der Waals surface area contributed by atoms with E-state index < -0.39 is 10.0 Å². The lowest BCUT2D eigenvalue weighted by atomic mass is 9.97. The van der Waals surface area contributed by atoms with Crippen LogP contribution in [-0.2, 0) is 10.0 Å². The Bertz CT molecular complexity index is 735. The van der Waals surface area contributed by atoms with Crippen molar-refractivity contribution < 1.29 is 8.42 Å². The Morgan fingerprint density at radius 3 is 2.05 bits per heavy atom. The van der Waals surface area contributed by atoms with Crippen LogP contribution in [0.3, 0.4) is 0 Å². The Balaban J connectivity index is 2.50. The van der Waals surface area contributed by atoms with Gasteiger partial charge in [0.05, 0.1) is 4.90 Å². The maximum Gasteiger partial charge on any atom is 0.262 e. The highest BCUT2D eigenvalue weighted by Crippen LogP contribution is 2.29. The molecular weight excluding hydrogens is 294 g/mol. The van der Waals surface area contributed by atoms with Gasteiger partial charge in [-0.25, -0.2) is 8.42 Å². The first kappa shape index (κ1) is 16.6. The van der Waals surface area contributed by atoms with E-state index in [1.54, 1.807) is 18.2 Å². The molecule has 2 rings (SSSR count). The number of nitrogens with one attached hydrogen (secondary N) is 1. The van der Waals surface area contributed by atoms with Gasteiger partial charge in [0.1, 0.15) is 0 Å². The van der Waals surface area contributed by atoms with Crippen LogP contribution in [-0.4, -0.2) is 8.42 Å². The fourth-order valence-electron chi connectivity index (χ4n) is 2.34. The predicted molar refractivity (Wildman–Crippen MR) is 91.9 cm³/mol. The summed E-state index contributed by atoms with van der Waals surface area (Å²) < 4.78 is 28.2. The molecule has 0 saturated carbocycles. The SMILES string of the molecule is CC(C)c1ccc(C(C)C)c(S(=O)(=O)Nc2ccccc2)c1. The maximum absolute atomic E-state index is 12.8. The van der Waals surface area contributed by atoms with Gasteiger partial charge >= 0.3 is 0 Å². The number of rotatable bonds is 5. The van der Waals surface area contributed by atoms with E-state index in [-0.39, 0.29) is 11.8 Å².